The van der Waals surface area contributed by atoms with E-state index >= 15 is 4.39 Å². The minimum absolute atomic E-state index is 0. The molecule has 0 saturated carbocycles. The topological polar surface area (TPSA) is 66.9 Å². The Kier molecular flexibility index (Phi) is 6.43. The second-order valence-electron chi connectivity index (χ2n) is 9.10. The SMILES string of the molecule is O=C(NN1CCOc2ccccc21)c1cnc2c(-c3cc(F)cc(F)c3F)c(F)ccc2c1N1CCOCC1.[HH]. The zero-order valence-electron chi connectivity index (χ0n) is 20.5. The smallest absolute Gasteiger partial charge is 0.273 e. The van der Waals surface area contributed by atoms with Crippen LogP contribution in [0.25, 0.3) is 22.0 Å². The van der Waals surface area contributed by atoms with Crippen LogP contribution in [-0.4, -0.2) is 50.3 Å². The van der Waals surface area contributed by atoms with E-state index < -0.39 is 40.3 Å². The molecule has 0 radical (unpaired) electrons. The first-order valence-electron chi connectivity index (χ1n) is 12.3. The molecule has 1 aromatic heterocycles. The van der Waals surface area contributed by atoms with Gasteiger partial charge in [-0.25, -0.2) is 17.6 Å². The van der Waals surface area contributed by atoms with E-state index in [1.165, 1.54) is 12.3 Å². The molecular formula is C28H24F4N4O3. The number of rotatable bonds is 4. The highest BCUT2D eigenvalue weighted by atomic mass is 19.2. The summed E-state index contributed by atoms with van der Waals surface area (Å²) in [6, 6.07) is 10.9. The van der Waals surface area contributed by atoms with Gasteiger partial charge in [-0.2, -0.15) is 0 Å². The maximum Gasteiger partial charge on any atom is 0.273 e. The molecule has 2 aliphatic heterocycles. The number of morpholine rings is 1. The van der Waals surface area contributed by atoms with Crippen molar-refractivity contribution in [3.05, 3.63) is 83.6 Å². The van der Waals surface area contributed by atoms with Gasteiger partial charge in [0, 0.05) is 43.3 Å². The van der Waals surface area contributed by atoms with Crippen molar-refractivity contribution in [1.82, 2.24) is 10.4 Å². The van der Waals surface area contributed by atoms with Crippen LogP contribution in [0.2, 0.25) is 0 Å². The summed E-state index contributed by atoms with van der Waals surface area (Å²) in [5.41, 5.74) is 3.18. The van der Waals surface area contributed by atoms with Gasteiger partial charge in [0.25, 0.3) is 5.91 Å². The van der Waals surface area contributed by atoms with Gasteiger partial charge < -0.3 is 14.4 Å². The van der Waals surface area contributed by atoms with Crippen molar-refractivity contribution in [2.75, 3.05) is 49.4 Å². The first-order chi connectivity index (χ1) is 18.9. The predicted octanol–water partition coefficient (Wildman–Crippen LogP) is 5.08. The Labute approximate surface area is 222 Å². The second kappa shape index (κ2) is 10.1. The maximum atomic E-state index is 15.1. The number of carbonyl (C=O) groups is 1. The summed E-state index contributed by atoms with van der Waals surface area (Å²) in [6.45, 7) is 2.39. The minimum atomic E-state index is -1.45. The quantitative estimate of drug-likeness (QED) is 0.288. The third-order valence-electron chi connectivity index (χ3n) is 6.76. The summed E-state index contributed by atoms with van der Waals surface area (Å²) in [4.78, 5) is 19.9. The molecule has 7 nitrogen and oxygen atoms in total. The van der Waals surface area contributed by atoms with Crippen molar-refractivity contribution in [3.63, 3.8) is 0 Å². The summed E-state index contributed by atoms with van der Waals surface area (Å²) in [7, 11) is 0. The van der Waals surface area contributed by atoms with Crippen LogP contribution in [0, 0.1) is 23.3 Å². The standard InChI is InChI=1S/C28H22F4N4O3.H2/c29-16-13-18(25(32)21(31)14-16)24-20(30)6-5-17-26(24)33-15-19(27(17)35-7-10-38-11-8-35)28(37)34-36-9-12-39-23-4-2-1-3-22(23)36;/h1-6,13-15H,7-12H2,(H,34,37);1H. The number of amides is 1. The first-order valence-corrected chi connectivity index (χ1v) is 12.3. The molecule has 0 atom stereocenters. The summed E-state index contributed by atoms with van der Waals surface area (Å²) < 4.78 is 69.2. The number of benzene rings is 3. The monoisotopic (exact) mass is 540 g/mol. The molecule has 0 unspecified atom stereocenters. The summed E-state index contributed by atoms with van der Waals surface area (Å²) in [5, 5.41) is 2.00. The van der Waals surface area contributed by atoms with Gasteiger partial charge in [-0.05, 0) is 30.3 Å². The van der Waals surface area contributed by atoms with Crippen LogP contribution in [-0.2, 0) is 4.74 Å². The number of ether oxygens (including phenoxy) is 2. The van der Waals surface area contributed by atoms with Crippen molar-refractivity contribution in [2.45, 2.75) is 0 Å². The summed E-state index contributed by atoms with van der Waals surface area (Å²) >= 11 is 0. The lowest BCUT2D eigenvalue weighted by molar-refractivity contribution is 0.0943. The van der Waals surface area contributed by atoms with Gasteiger partial charge in [0.05, 0.1) is 42.2 Å². The fraction of sp³-hybridized carbons (Fsp3) is 0.214. The largest absolute Gasteiger partial charge is 0.489 e. The molecule has 1 amide bonds. The molecule has 3 heterocycles. The normalized spacial score (nSPS) is 15.2. The fourth-order valence-electron chi connectivity index (χ4n) is 4.98. The Balaban J connectivity index is 0.00000323. The number of anilines is 2. The van der Waals surface area contributed by atoms with E-state index in [0.29, 0.717) is 68.0 Å². The Morgan fingerprint density at radius 2 is 1.74 bits per heavy atom. The Morgan fingerprint density at radius 1 is 0.949 bits per heavy atom. The number of aromatic nitrogens is 1. The Bertz CT molecular complexity index is 1600. The van der Waals surface area contributed by atoms with E-state index in [2.05, 4.69) is 10.4 Å². The number of halogens is 4. The van der Waals surface area contributed by atoms with E-state index in [1.807, 2.05) is 23.1 Å². The first kappa shape index (κ1) is 24.9. The van der Waals surface area contributed by atoms with E-state index in [-0.39, 0.29) is 12.5 Å². The van der Waals surface area contributed by atoms with E-state index in [1.54, 1.807) is 11.1 Å². The molecule has 3 aromatic carbocycles. The number of nitrogens with zero attached hydrogens (tertiary/aromatic N) is 3. The lowest BCUT2D eigenvalue weighted by Gasteiger charge is -2.33. The Morgan fingerprint density at radius 3 is 2.56 bits per heavy atom. The molecule has 6 rings (SSSR count). The molecule has 4 aromatic rings. The average molecular weight is 541 g/mol. The predicted molar refractivity (Wildman–Crippen MR) is 139 cm³/mol. The fourth-order valence-corrected chi connectivity index (χ4v) is 4.98. The number of carbonyl (C=O) groups excluding carboxylic acids is 1. The van der Waals surface area contributed by atoms with Gasteiger partial charge in [0.15, 0.2) is 11.6 Å². The zero-order chi connectivity index (χ0) is 27.1. The van der Waals surface area contributed by atoms with Crippen LogP contribution < -0.4 is 20.1 Å². The van der Waals surface area contributed by atoms with Crippen LogP contribution in [0.5, 0.6) is 5.75 Å². The molecule has 1 fully saturated rings. The highest BCUT2D eigenvalue weighted by molar-refractivity contribution is 6.10. The van der Waals surface area contributed by atoms with Crippen molar-refractivity contribution < 1.29 is 33.3 Å². The number of fused-ring (bicyclic) bond motifs is 2. The van der Waals surface area contributed by atoms with Crippen molar-refractivity contribution in [3.8, 4) is 16.9 Å². The second-order valence-corrected chi connectivity index (χ2v) is 9.10. The lowest BCUT2D eigenvalue weighted by atomic mass is 9.97. The van der Waals surface area contributed by atoms with E-state index in [0.717, 1.165) is 12.1 Å². The van der Waals surface area contributed by atoms with Gasteiger partial charge in [0.1, 0.15) is 24.0 Å². The van der Waals surface area contributed by atoms with E-state index in [9.17, 15) is 18.0 Å². The van der Waals surface area contributed by atoms with Crippen LogP contribution >= 0.6 is 0 Å². The molecule has 0 bridgehead atoms. The van der Waals surface area contributed by atoms with Crippen LogP contribution in [0.15, 0.2) is 54.7 Å². The maximum absolute atomic E-state index is 15.1. The number of para-hydroxylation sites is 2. The molecule has 0 spiro atoms. The highest BCUT2D eigenvalue weighted by Crippen LogP contribution is 2.39. The van der Waals surface area contributed by atoms with Crippen molar-refractivity contribution in [2.24, 2.45) is 0 Å². The van der Waals surface area contributed by atoms with Crippen molar-refractivity contribution >= 4 is 28.2 Å². The third-order valence-corrected chi connectivity index (χ3v) is 6.76. The Hall–Kier alpha value is -4.38. The molecule has 1 saturated heterocycles. The average Bonchev–Trinajstić information content (AvgIpc) is 2.95. The molecular weight excluding hydrogens is 516 g/mol. The third kappa shape index (κ3) is 4.48. The molecule has 2 aliphatic rings. The van der Waals surface area contributed by atoms with Gasteiger partial charge in [-0.3, -0.25) is 20.2 Å². The van der Waals surface area contributed by atoms with Crippen LogP contribution in [0.1, 0.15) is 11.8 Å². The van der Waals surface area contributed by atoms with Crippen LogP contribution in [0.3, 0.4) is 0 Å². The number of hydrogen-bond acceptors (Lipinski definition) is 6. The van der Waals surface area contributed by atoms with Gasteiger partial charge in [-0.1, -0.05) is 12.1 Å². The minimum Gasteiger partial charge on any atom is -0.489 e. The summed E-state index contributed by atoms with van der Waals surface area (Å²) in [5.74, 6) is -4.67. The zero-order valence-corrected chi connectivity index (χ0v) is 20.5. The molecule has 202 valence electrons. The molecule has 0 aliphatic carbocycles. The van der Waals surface area contributed by atoms with Crippen LogP contribution in [0.4, 0.5) is 28.9 Å². The lowest BCUT2D eigenvalue weighted by Crippen LogP contribution is -2.47. The summed E-state index contributed by atoms with van der Waals surface area (Å²) in [6.07, 6.45) is 1.27. The van der Waals surface area contributed by atoms with Gasteiger partial charge in [0.2, 0.25) is 0 Å². The number of pyridine rings is 1. The molecule has 1 N–H and O–H groups in total. The van der Waals surface area contributed by atoms with Gasteiger partial charge >= 0.3 is 0 Å². The van der Waals surface area contributed by atoms with Crippen molar-refractivity contribution in [1.29, 1.82) is 0 Å². The van der Waals surface area contributed by atoms with Gasteiger partial charge in [-0.15, -0.1) is 0 Å². The number of nitrogens with one attached hydrogen (secondary N) is 1. The number of hydrogen-bond donors (Lipinski definition) is 1. The molecule has 39 heavy (non-hydrogen) atoms. The number of hydrazine groups is 1. The molecule has 11 heteroatoms. The van der Waals surface area contributed by atoms with E-state index in [4.69, 9.17) is 9.47 Å². The highest BCUT2D eigenvalue weighted by Gasteiger charge is 2.28.